The van der Waals surface area contributed by atoms with Gasteiger partial charge >= 0.3 is 66.0 Å². The topological polar surface area (TPSA) is 595 Å². The molecule has 0 spiro atoms. The van der Waals surface area contributed by atoms with Crippen molar-refractivity contribution < 1.29 is 147 Å². The van der Waals surface area contributed by atoms with Crippen molar-refractivity contribution in [1.82, 2.24) is 0 Å². The van der Waals surface area contributed by atoms with E-state index < -0.39 is 46.1 Å². The first-order valence-corrected chi connectivity index (χ1v) is 27.3. The van der Waals surface area contributed by atoms with Crippen molar-refractivity contribution >= 4 is 70.4 Å². The van der Waals surface area contributed by atoms with E-state index >= 15 is 0 Å². The van der Waals surface area contributed by atoms with Crippen molar-refractivity contribution in [1.29, 1.82) is 21.0 Å². The van der Waals surface area contributed by atoms with Crippen LogP contribution in [-0.4, -0.2) is 81.2 Å². The van der Waals surface area contributed by atoms with Gasteiger partial charge in [-0.3, -0.25) is 60.4 Å². The average Bonchev–Trinajstić information content (AvgIpc) is 0.867. The van der Waals surface area contributed by atoms with Gasteiger partial charge in [-0.25, -0.2) is 0 Å². The summed E-state index contributed by atoms with van der Waals surface area (Å²) in [5.74, 6) is -1.45. The van der Waals surface area contributed by atoms with Crippen LogP contribution in [-0.2, 0) is 97.9 Å². The van der Waals surface area contributed by atoms with E-state index in [0.717, 1.165) is 94.1 Å². The molecule has 0 saturated heterocycles. The number of para-hydroxylation sites is 4. The summed E-state index contributed by atoms with van der Waals surface area (Å²) in [5, 5.41) is 183. The van der Waals surface area contributed by atoms with Gasteiger partial charge in [0, 0.05) is 122 Å². The van der Waals surface area contributed by atoms with Gasteiger partial charge in [-0.05, 0) is 68.8 Å². The normalized spacial score (nSPS) is 8.91. The minimum absolute atomic E-state index is 0. The number of non-ortho nitro benzene ring substituents is 4. The Morgan fingerprint density at radius 3 is 0.612 bits per heavy atom. The molecule has 0 saturated carbocycles. The standard InChI is InChI=1S/4C14H11N2O4.4C2H3N.3CH4O.4Ni.H2O/c4*17-9-10-3-1-2-4-13(10)15-8-11-7-12(16(19)20)5-6-14(11)18;4*1-2-3;3*1-2;;;;;/h4*1-8,18H,9H2;4*1H3;3*2H,1H3;;;;;1H2/q4*-1;;;;;;;;4*+2;/p-3. The van der Waals surface area contributed by atoms with Crippen LogP contribution in [0, 0.1) is 85.8 Å². The molecule has 0 aliphatic heterocycles. The molecule has 36 heteroatoms. The number of hydrogen-bond acceptors (Lipinski definition) is 27. The number of aliphatic hydroxyl groups excluding tert-OH is 3. The molecule has 554 valence electrons. The van der Waals surface area contributed by atoms with Crippen LogP contribution in [0.3, 0.4) is 0 Å². The minimum Gasteiger partial charge on any atom is -0.872 e. The number of nitro benzene ring substituents is 4. The van der Waals surface area contributed by atoms with Crippen LogP contribution in [0.2, 0.25) is 0 Å². The molecule has 0 unspecified atom stereocenters. The van der Waals surface area contributed by atoms with Crippen LogP contribution >= 0.6 is 0 Å². The van der Waals surface area contributed by atoms with Crippen molar-refractivity contribution in [3.63, 3.8) is 0 Å². The molecule has 0 heterocycles. The van der Waals surface area contributed by atoms with Gasteiger partial charge in [-0.2, -0.15) is 21.0 Å². The van der Waals surface area contributed by atoms with Gasteiger partial charge in [0.25, 0.3) is 22.7 Å². The van der Waals surface area contributed by atoms with Gasteiger partial charge in [0.15, 0.2) is 0 Å². The molecule has 6 N–H and O–H groups in total. The maximum absolute atomic E-state index is 11.6. The Kier molecular flexibility index (Phi) is 69.8. The van der Waals surface area contributed by atoms with Crippen molar-refractivity contribution in [2.75, 3.05) is 21.3 Å². The molecule has 0 amide bonds. The fourth-order valence-corrected chi connectivity index (χ4v) is 6.59. The molecule has 0 aliphatic carbocycles. The summed E-state index contributed by atoms with van der Waals surface area (Å²) in [5.41, 5.74) is 3.55. The summed E-state index contributed by atoms with van der Waals surface area (Å²) in [6.45, 7) is 4.03. The summed E-state index contributed by atoms with van der Waals surface area (Å²) in [6, 6.07) is 47.6. The number of nitro groups is 4. The van der Waals surface area contributed by atoms with E-state index in [4.69, 9.17) is 36.4 Å². The predicted molar refractivity (Wildman–Crippen MR) is 354 cm³/mol. The second-order valence-electron chi connectivity index (χ2n) is 16.9. The second kappa shape index (κ2) is 66.7. The first kappa shape index (κ1) is 108. The van der Waals surface area contributed by atoms with Crippen molar-refractivity contribution in [2.45, 2.75) is 54.1 Å². The molecule has 8 aromatic rings. The zero-order chi connectivity index (χ0) is 75.0. The molecule has 0 aliphatic rings. The fourth-order valence-electron chi connectivity index (χ4n) is 6.59. The van der Waals surface area contributed by atoms with Crippen LogP contribution in [0.15, 0.2) is 190 Å². The third kappa shape index (κ3) is 43.2. The van der Waals surface area contributed by atoms with E-state index in [0.29, 0.717) is 45.0 Å². The third-order valence-corrected chi connectivity index (χ3v) is 10.8. The smallest absolute Gasteiger partial charge is 0.872 e. The van der Waals surface area contributed by atoms with Crippen molar-refractivity contribution in [2.24, 2.45) is 20.0 Å². The number of nitrogens with zero attached hydrogens (tertiary/aromatic N) is 12. The van der Waals surface area contributed by atoms with Crippen LogP contribution in [0.1, 0.15) is 72.2 Å². The first-order chi connectivity index (χ1) is 47.1. The maximum Gasteiger partial charge on any atom is 2.00 e. The molecule has 0 fully saturated rings. The second-order valence-corrected chi connectivity index (χ2v) is 16.9. The van der Waals surface area contributed by atoms with Crippen molar-refractivity contribution in [3.05, 3.63) is 255 Å². The number of hydrogen-bond donors (Lipinski definition) is 3. The quantitative estimate of drug-likeness (QED) is 0.0371. The number of nitriles is 4. The molecule has 0 bridgehead atoms. The van der Waals surface area contributed by atoms with E-state index in [9.17, 15) is 81.3 Å². The van der Waals surface area contributed by atoms with Crippen molar-refractivity contribution in [3.8, 4) is 47.3 Å². The SMILES string of the molecule is CC#N.CC#N.CC#N.CC#N.CO.CO.CO.O=[N+]([O-])c1ccc([O-])c(C=Nc2ccccc2C[O-])c1.O=[N+]([O-])c1ccc([O-])c(C=Nc2ccccc2C[O-])c1.O=[N+]([O-])c1ccc([O-])c(C=Nc2ccccc2C[O-])c1.O=[N+]([O-])c1ccc([O-])c(C=Nc2ccccc2C[O-])c1.[Ni+2].[Ni+2].[Ni+2].[Ni+2].[OH3+]. The fraction of sp³-hybridized carbons (Fsp3) is 0.164. The van der Waals surface area contributed by atoms with Gasteiger partial charge < -0.3 is 61.6 Å². The number of aliphatic imine (C=N–C) groups is 4. The summed E-state index contributed by atoms with van der Waals surface area (Å²) in [6.07, 6.45) is 4.96. The third-order valence-electron chi connectivity index (χ3n) is 10.8. The summed E-state index contributed by atoms with van der Waals surface area (Å²) in [7, 11) is 3.00. The minimum atomic E-state index is -0.581. The predicted octanol–water partition coefficient (Wildman–Crippen LogP) is 5.13. The largest absolute Gasteiger partial charge is 2.00 e. The van der Waals surface area contributed by atoms with E-state index in [1.165, 1.54) is 52.6 Å². The zero-order valence-electron chi connectivity index (χ0n) is 55.4. The monoisotopic (exact) mass is 1590 g/mol. The molecule has 103 heavy (non-hydrogen) atoms. The molecule has 0 radical (unpaired) electrons. The Bertz CT molecular complexity index is 3560. The molecule has 8 rings (SSSR count). The summed E-state index contributed by atoms with van der Waals surface area (Å²) in [4.78, 5) is 56.5. The van der Waals surface area contributed by atoms with Gasteiger partial charge in [0.2, 0.25) is 0 Å². The number of aliphatic hydroxyl groups is 3. The average molecular weight is 1600 g/mol. The van der Waals surface area contributed by atoms with Gasteiger partial charge in [-0.15, -0.1) is 26.4 Å². The van der Waals surface area contributed by atoms with Gasteiger partial charge in [-0.1, -0.05) is 120 Å². The Hall–Kier alpha value is -11.1. The van der Waals surface area contributed by atoms with Gasteiger partial charge in [0.05, 0.1) is 66.7 Å². The Morgan fingerprint density at radius 1 is 0.330 bits per heavy atom. The molecule has 0 atom stereocenters. The maximum atomic E-state index is 11.6. The van der Waals surface area contributed by atoms with Gasteiger partial charge in [0.1, 0.15) is 0 Å². The summed E-state index contributed by atoms with van der Waals surface area (Å²) < 4.78 is 0. The van der Waals surface area contributed by atoms with Crippen LogP contribution in [0.25, 0.3) is 0 Å². The van der Waals surface area contributed by atoms with E-state index in [1.807, 2.05) is 0 Å². The first-order valence-electron chi connectivity index (χ1n) is 27.3. The summed E-state index contributed by atoms with van der Waals surface area (Å²) >= 11 is 0. The van der Waals surface area contributed by atoms with E-state index in [1.54, 1.807) is 121 Å². The van der Waals surface area contributed by atoms with Crippen LogP contribution in [0.5, 0.6) is 23.0 Å². The number of rotatable bonds is 16. The molecular formula is C67H67N12Ni4O20+. The Morgan fingerprint density at radius 2 is 0.476 bits per heavy atom. The van der Waals surface area contributed by atoms with Crippen LogP contribution < -0.4 is 40.9 Å². The van der Waals surface area contributed by atoms with Crippen LogP contribution in [0.4, 0.5) is 45.5 Å². The molecule has 8 aromatic carbocycles. The Balaban J connectivity index is -0.000000178. The molecular weight excluding hydrogens is 1530 g/mol. The van der Waals surface area contributed by atoms with E-state index in [2.05, 4.69) is 20.0 Å². The van der Waals surface area contributed by atoms with E-state index in [-0.39, 0.29) is 139 Å². The Labute approximate surface area is 632 Å². The zero-order valence-corrected chi connectivity index (χ0v) is 59.3. The number of benzene rings is 8. The molecule has 0 aromatic heterocycles. The molecule has 32 nitrogen and oxygen atoms in total.